The number of rotatable bonds is 7. The highest BCUT2D eigenvalue weighted by Crippen LogP contribution is 2.29. The fourth-order valence-electron chi connectivity index (χ4n) is 2.23. The molecule has 1 aliphatic rings. The van der Waals surface area contributed by atoms with Gasteiger partial charge in [0.1, 0.15) is 18.1 Å². The zero-order chi connectivity index (χ0) is 12.1. The second-order valence-corrected chi connectivity index (χ2v) is 4.96. The molecule has 0 amide bonds. The van der Waals surface area contributed by atoms with Crippen molar-refractivity contribution in [3.63, 3.8) is 0 Å². The second kappa shape index (κ2) is 6.22. The molecule has 3 heteroatoms. The van der Waals surface area contributed by atoms with Gasteiger partial charge in [0.2, 0.25) is 0 Å². The molecule has 0 saturated heterocycles. The molecule has 0 atom stereocenters. The average Bonchev–Trinajstić information content (AvgIpc) is 2.57. The third-order valence-electron chi connectivity index (χ3n) is 3.58. The number of hydrogen-bond donors (Lipinski definition) is 1. The summed E-state index contributed by atoms with van der Waals surface area (Å²) in [6.07, 6.45) is 5.42. The molecule has 1 heterocycles. The van der Waals surface area contributed by atoms with E-state index in [2.05, 4.69) is 11.4 Å². The Morgan fingerprint density at radius 2 is 2.29 bits per heavy atom. The maximum Gasteiger partial charge on any atom is 0.130 e. The van der Waals surface area contributed by atoms with Crippen LogP contribution in [0.2, 0.25) is 0 Å². The molecule has 0 aliphatic heterocycles. The van der Waals surface area contributed by atoms with Gasteiger partial charge in [0, 0.05) is 18.7 Å². The Balaban J connectivity index is 1.68. The van der Waals surface area contributed by atoms with Gasteiger partial charge in [-0.3, -0.25) is 0 Å². The second-order valence-electron chi connectivity index (χ2n) is 4.96. The topological polar surface area (TPSA) is 34.4 Å². The summed E-state index contributed by atoms with van der Waals surface area (Å²) in [5, 5.41) is 3.13. The van der Waals surface area contributed by atoms with Crippen LogP contribution in [0.3, 0.4) is 0 Å². The summed E-state index contributed by atoms with van der Waals surface area (Å²) in [6, 6.07) is 2.09. The van der Waals surface area contributed by atoms with Crippen LogP contribution < -0.4 is 5.32 Å². The van der Waals surface area contributed by atoms with Crippen LogP contribution in [-0.4, -0.2) is 13.7 Å². The first-order valence-corrected chi connectivity index (χ1v) is 6.60. The van der Waals surface area contributed by atoms with E-state index < -0.39 is 0 Å². The van der Waals surface area contributed by atoms with Crippen molar-refractivity contribution in [3.8, 4) is 0 Å². The molecular weight excluding hydrogens is 214 g/mol. The van der Waals surface area contributed by atoms with E-state index >= 15 is 0 Å². The van der Waals surface area contributed by atoms with Crippen LogP contribution in [0.25, 0.3) is 0 Å². The third kappa shape index (κ3) is 3.58. The highest BCUT2D eigenvalue weighted by molar-refractivity contribution is 5.20. The van der Waals surface area contributed by atoms with Gasteiger partial charge in [-0.2, -0.15) is 0 Å². The van der Waals surface area contributed by atoms with E-state index in [0.29, 0.717) is 6.61 Å². The summed E-state index contributed by atoms with van der Waals surface area (Å²) in [7, 11) is 1.95. The van der Waals surface area contributed by atoms with Crippen LogP contribution in [0.5, 0.6) is 0 Å². The molecule has 2 rings (SSSR count). The summed E-state index contributed by atoms with van der Waals surface area (Å²) in [5.74, 6) is 2.87. The summed E-state index contributed by atoms with van der Waals surface area (Å²) in [6.45, 7) is 4.34. The van der Waals surface area contributed by atoms with E-state index in [1.807, 2.05) is 14.0 Å². The van der Waals surface area contributed by atoms with Crippen LogP contribution in [0, 0.1) is 12.8 Å². The summed E-state index contributed by atoms with van der Waals surface area (Å²) in [5.41, 5.74) is 1.23. The van der Waals surface area contributed by atoms with E-state index in [0.717, 1.165) is 30.6 Å². The lowest BCUT2D eigenvalue weighted by atomic mass is 9.83. The van der Waals surface area contributed by atoms with Gasteiger partial charge in [-0.1, -0.05) is 19.3 Å². The largest absolute Gasteiger partial charge is 0.464 e. The molecule has 1 aliphatic carbocycles. The van der Waals surface area contributed by atoms with Gasteiger partial charge in [0.05, 0.1) is 0 Å². The maximum atomic E-state index is 5.66. The lowest BCUT2D eigenvalue weighted by Gasteiger charge is -2.24. The van der Waals surface area contributed by atoms with Crippen LogP contribution in [0.4, 0.5) is 0 Å². The minimum atomic E-state index is 0.608. The van der Waals surface area contributed by atoms with E-state index in [4.69, 9.17) is 9.15 Å². The predicted molar refractivity (Wildman–Crippen MR) is 67.8 cm³/mol. The smallest absolute Gasteiger partial charge is 0.130 e. The van der Waals surface area contributed by atoms with Crippen LogP contribution in [0.1, 0.15) is 42.8 Å². The van der Waals surface area contributed by atoms with Gasteiger partial charge in [-0.25, -0.2) is 0 Å². The molecular formula is C14H23NO2. The predicted octanol–water partition coefficient (Wildman–Crippen LogP) is 3.01. The number of nitrogens with one attached hydrogen (secondary N) is 1. The fourth-order valence-corrected chi connectivity index (χ4v) is 2.23. The van der Waals surface area contributed by atoms with Gasteiger partial charge in [0.25, 0.3) is 0 Å². The molecule has 1 aromatic heterocycles. The Morgan fingerprint density at radius 1 is 1.47 bits per heavy atom. The lowest BCUT2D eigenvalue weighted by Crippen LogP contribution is -2.13. The van der Waals surface area contributed by atoms with Gasteiger partial charge in [-0.05, 0) is 32.4 Å². The molecule has 1 fully saturated rings. The molecule has 0 radical (unpaired) electrons. The van der Waals surface area contributed by atoms with E-state index in [1.54, 1.807) is 0 Å². The van der Waals surface area contributed by atoms with Crippen molar-refractivity contribution in [2.75, 3.05) is 13.7 Å². The van der Waals surface area contributed by atoms with E-state index in [9.17, 15) is 0 Å². The SMILES string of the molecule is CNCc1cc(COCCC2CCC2)oc1C. The molecule has 0 bridgehead atoms. The van der Waals surface area contributed by atoms with Gasteiger partial charge < -0.3 is 14.5 Å². The summed E-state index contributed by atoms with van der Waals surface area (Å²) >= 11 is 0. The standard InChI is InChI=1S/C14H23NO2/c1-11-13(9-15-2)8-14(17-11)10-16-7-6-12-4-3-5-12/h8,12,15H,3-7,9-10H2,1-2H3. The Kier molecular flexibility index (Phi) is 4.63. The van der Waals surface area contributed by atoms with Crippen molar-refractivity contribution in [1.29, 1.82) is 0 Å². The molecule has 1 N–H and O–H groups in total. The minimum Gasteiger partial charge on any atom is -0.464 e. The highest BCUT2D eigenvalue weighted by Gasteiger charge is 2.16. The molecule has 0 spiro atoms. The number of hydrogen-bond acceptors (Lipinski definition) is 3. The van der Waals surface area contributed by atoms with E-state index in [1.165, 1.54) is 31.2 Å². The summed E-state index contributed by atoms with van der Waals surface area (Å²) in [4.78, 5) is 0. The van der Waals surface area contributed by atoms with Gasteiger partial charge in [0.15, 0.2) is 0 Å². The lowest BCUT2D eigenvalue weighted by molar-refractivity contribution is 0.0832. The van der Waals surface area contributed by atoms with Crippen molar-refractivity contribution in [1.82, 2.24) is 5.32 Å². The summed E-state index contributed by atoms with van der Waals surface area (Å²) < 4.78 is 11.3. The molecule has 1 aromatic rings. The first-order chi connectivity index (χ1) is 8.29. The number of furan rings is 1. The molecule has 0 aromatic carbocycles. The van der Waals surface area contributed by atoms with Crippen molar-refractivity contribution >= 4 is 0 Å². The Morgan fingerprint density at radius 3 is 2.94 bits per heavy atom. The normalized spacial score (nSPS) is 16.1. The molecule has 0 unspecified atom stereocenters. The van der Waals surface area contributed by atoms with Crippen molar-refractivity contribution in [2.24, 2.45) is 5.92 Å². The monoisotopic (exact) mass is 237 g/mol. The quantitative estimate of drug-likeness (QED) is 0.740. The highest BCUT2D eigenvalue weighted by atomic mass is 16.5. The molecule has 1 saturated carbocycles. The van der Waals surface area contributed by atoms with Gasteiger partial charge in [-0.15, -0.1) is 0 Å². The van der Waals surface area contributed by atoms with Crippen LogP contribution >= 0.6 is 0 Å². The Labute approximate surface area is 104 Å². The fraction of sp³-hybridized carbons (Fsp3) is 0.714. The number of ether oxygens (including phenoxy) is 1. The zero-order valence-corrected chi connectivity index (χ0v) is 10.9. The molecule has 17 heavy (non-hydrogen) atoms. The Hall–Kier alpha value is -0.800. The van der Waals surface area contributed by atoms with E-state index in [-0.39, 0.29) is 0 Å². The Bertz CT molecular complexity index is 342. The zero-order valence-electron chi connectivity index (χ0n) is 10.9. The van der Waals surface area contributed by atoms with Crippen molar-refractivity contribution < 1.29 is 9.15 Å². The van der Waals surface area contributed by atoms with Crippen molar-refractivity contribution in [2.45, 2.75) is 45.8 Å². The molecule has 96 valence electrons. The third-order valence-corrected chi connectivity index (χ3v) is 3.58. The first kappa shape index (κ1) is 12.7. The maximum absolute atomic E-state index is 5.66. The van der Waals surface area contributed by atoms with Crippen LogP contribution in [-0.2, 0) is 17.9 Å². The first-order valence-electron chi connectivity index (χ1n) is 6.60. The minimum absolute atomic E-state index is 0.608. The van der Waals surface area contributed by atoms with Crippen molar-refractivity contribution in [3.05, 3.63) is 23.2 Å². The van der Waals surface area contributed by atoms with Crippen LogP contribution in [0.15, 0.2) is 10.5 Å². The average molecular weight is 237 g/mol. The molecule has 3 nitrogen and oxygen atoms in total. The number of aryl methyl sites for hydroxylation is 1. The van der Waals surface area contributed by atoms with Gasteiger partial charge >= 0.3 is 0 Å².